The Bertz CT molecular complexity index is 524. The van der Waals surface area contributed by atoms with Gasteiger partial charge < -0.3 is 10.2 Å². The van der Waals surface area contributed by atoms with E-state index in [1.165, 1.54) is 10.5 Å². The minimum atomic E-state index is -3.40. The summed E-state index contributed by atoms with van der Waals surface area (Å²) in [6.07, 6.45) is 1.53. The summed E-state index contributed by atoms with van der Waals surface area (Å²) >= 11 is 0. The van der Waals surface area contributed by atoms with Gasteiger partial charge in [0.1, 0.15) is 5.82 Å². The van der Waals surface area contributed by atoms with Crippen molar-refractivity contribution >= 4 is 15.8 Å². The molecule has 0 amide bonds. The van der Waals surface area contributed by atoms with Crippen molar-refractivity contribution in [1.29, 1.82) is 0 Å². The maximum atomic E-state index is 12.5. The Morgan fingerprint density at radius 1 is 1.32 bits per heavy atom. The summed E-state index contributed by atoms with van der Waals surface area (Å²) in [6, 6.07) is 3.14. The van der Waals surface area contributed by atoms with Crippen LogP contribution in [-0.4, -0.2) is 62.4 Å². The fourth-order valence-electron chi connectivity index (χ4n) is 2.03. The fraction of sp³-hybridized carbons (Fsp3) is 0.583. The number of hydrogen-bond donors (Lipinski definition) is 1. The van der Waals surface area contributed by atoms with Crippen molar-refractivity contribution in [3.8, 4) is 0 Å². The van der Waals surface area contributed by atoms with E-state index >= 15 is 0 Å². The normalized spacial score (nSPS) is 18.4. The molecule has 0 spiro atoms. The molecule has 0 radical (unpaired) electrons. The van der Waals surface area contributed by atoms with Crippen molar-refractivity contribution in [3.63, 3.8) is 0 Å². The standard InChI is InChI=1S/C12H20N4O2S/c1-3-13-12-10-11(4-5-14-12)19(17,18)16-8-6-15(2)7-9-16/h4-5,10H,3,6-9H2,1-2H3,(H,13,14). The summed E-state index contributed by atoms with van der Waals surface area (Å²) in [5, 5.41) is 3.03. The number of hydrogen-bond acceptors (Lipinski definition) is 5. The number of anilines is 1. The van der Waals surface area contributed by atoms with E-state index < -0.39 is 10.0 Å². The largest absolute Gasteiger partial charge is 0.370 e. The summed E-state index contributed by atoms with van der Waals surface area (Å²) in [4.78, 5) is 6.53. The molecule has 1 fully saturated rings. The summed E-state index contributed by atoms with van der Waals surface area (Å²) in [6.45, 7) is 5.28. The van der Waals surface area contributed by atoms with Crippen molar-refractivity contribution in [2.75, 3.05) is 45.1 Å². The van der Waals surface area contributed by atoms with E-state index in [0.29, 0.717) is 30.3 Å². The first-order valence-electron chi connectivity index (χ1n) is 6.42. The van der Waals surface area contributed by atoms with Gasteiger partial charge in [-0.3, -0.25) is 0 Å². The minimum Gasteiger partial charge on any atom is -0.370 e. The molecule has 19 heavy (non-hydrogen) atoms. The molecular weight excluding hydrogens is 264 g/mol. The SMILES string of the molecule is CCNc1cc(S(=O)(=O)N2CCN(C)CC2)ccn1. The summed E-state index contributed by atoms with van der Waals surface area (Å²) in [7, 11) is -1.40. The highest BCUT2D eigenvalue weighted by Gasteiger charge is 2.27. The smallest absolute Gasteiger partial charge is 0.243 e. The molecule has 7 heteroatoms. The van der Waals surface area contributed by atoms with E-state index in [9.17, 15) is 8.42 Å². The number of sulfonamides is 1. The van der Waals surface area contributed by atoms with Crippen LogP contribution in [0.3, 0.4) is 0 Å². The Balaban J connectivity index is 2.21. The van der Waals surface area contributed by atoms with Crippen molar-refractivity contribution in [2.24, 2.45) is 0 Å². The van der Waals surface area contributed by atoms with Gasteiger partial charge in [-0.1, -0.05) is 0 Å². The average Bonchev–Trinajstić information content (AvgIpc) is 2.40. The molecule has 0 bridgehead atoms. The zero-order chi connectivity index (χ0) is 13.9. The van der Waals surface area contributed by atoms with E-state index in [-0.39, 0.29) is 0 Å². The molecule has 106 valence electrons. The van der Waals surface area contributed by atoms with Gasteiger partial charge in [-0.25, -0.2) is 13.4 Å². The highest BCUT2D eigenvalue weighted by atomic mass is 32.2. The van der Waals surface area contributed by atoms with Gasteiger partial charge in [-0.15, -0.1) is 0 Å². The van der Waals surface area contributed by atoms with Crippen LogP contribution in [0.4, 0.5) is 5.82 Å². The molecule has 2 rings (SSSR count). The molecule has 0 unspecified atom stereocenters. The topological polar surface area (TPSA) is 65.5 Å². The Morgan fingerprint density at radius 3 is 2.63 bits per heavy atom. The van der Waals surface area contributed by atoms with Gasteiger partial charge in [0.05, 0.1) is 4.90 Å². The molecule has 1 aromatic heterocycles. The average molecular weight is 284 g/mol. The first kappa shape index (κ1) is 14.2. The van der Waals surface area contributed by atoms with Gasteiger partial charge in [0.2, 0.25) is 10.0 Å². The molecule has 1 aliphatic rings. The van der Waals surface area contributed by atoms with E-state index in [1.54, 1.807) is 12.1 Å². The number of pyridine rings is 1. The van der Waals surface area contributed by atoms with Crippen LogP contribution in [0.2, 0.25) is 0 Å². The van der Waals surface area contributed by atoms with Crippen molar-refractivity contribution in [1.82, 2.24) is 14.2 Å². The number of piperazine rings is 1. The molecular formula is C12H20N4O2S. The predicted molar refractivity (Wildman–Crippen MR) is 74.7 cm³/mol. The number of aromatic nitrogens is 1. The molecule has 1 aliphatic heterocycles. The molecule has 2 heterocycles. The molecule has 6 nitrogen and oxygen atoms in total. The van der Waals surface area contributed by atoms with Crippen LogP contribution >= 0.6 is 0 Å². The van der Waals surface area contributed by atoms with Crippen LogP contribution in [0.15, 0.2) is 23.2 Å². The Morgan fingerprint density at radius 2 is 2.00 bits per heavy atom. The molecule has 0 aromatic carbocycles. The van der Waals surface area contributed by atoms with E-state index in [0.717, 1.165) is 13.1 Å². The lowest BCUT2D eigenvalue weighted by molar-refractivity contribution is 0.222. The Labute approximate surface area is 114 Å². The number of rotatable bonds is 4. The Hall–Kier alpha value is -1.18. The molecule has 1 aromatic rings. The summed E-state index contributed by atoms with van der Waals surface area (Å²) in [5.41, 5.74) is 0. The van der Waals surface area contributed by atoms with Crippen LogP contribution < -0.4 is 5.32 Å². The van der Waals surface area contributed by atoms with Gasteiger partial charge in [0.25, 0.3) is 0 Å². The number of nitrogens with zero attached hydrogens (tertiary/aromatic N) is 3. The van der Waals surface area contributed by atoms with Gasteiger partial charge in [-0.2, -0.15) is 4.31 Å². The first-order chi connectivity index (χ1) is 9.04. The molecule has 0 saturated carbocycles. The van der Waals surface area contributed by atoms with Crippen LogP contribution in [-0.2, 0) is 10.0 Å². The van der Waals surface area contributed by atoms with Crippen LogP contribution in [0, 0.1) is 0 Å². The number of likely N-dealkylation sites (N-methyl/N-ethyl adjacent to an activating group) is 1. The highest BCUT2D eigenvalue weighted by Crippen LogP contribution is 2.19. The highest BCUT2D eigenvalue weighted by molar-refractivity contribution is 7.89. The lowest BCUT2D eigenvalue weighted by Crippen LogP contribution is -2.47. The van der Waals surface area contributed by atoms with Crippen molar-refractivity contribution in [3.05, 3.63) is 18.3 Å². The third kappa shape index (κ3) is 3.23. The zero-order valence-electron chi connectivity index (χ0n) is 11.3. The second-order valence-electron chi connectivity index (χ2n) is 4.61. The van der Waals surface area contributed by atoms with Crippen LogP contribution in [0.5, 0.6) is 0 Å². The van der Waals surface area contributed by atoms with Gasteiger partial charge in [0, 0.05) is 45.0 Å². The third-order valence-corrected chi connectivity index (χ3v) is 5.08. The molecule has 1 saturated heterocycles. The van der Waals surface area contributed by atoms with Crippen molar-refractivity contribution < 1.29 is 8.42 Å². The lowest BCUT2D eigenvalue weighted by atomic mass is 10.4. The number of nitrogens with one attached hydrogen (secondary N) is 1. The Kier molecular flexibility index (Phi) is 4.38. The summed E-state index contributed by atoms with van der Waals surface area (Å²) in [5.74, 6) is 0.595. The maximum Gasteiger partial charge on any atom is 0.243 e. The molecule has 1 N–H and O–H groups in total. The minimum absolute atomic E-state index is 0.308. The van der Waals surface area contributed by atoms with E-state index in [4.69, 9.17) is 0 Å². The van der Waals surface area contributed by atoms with Crippen LogP contribution in [0.25, 0.3) is 0 Å². The quantitative estimate of drug-likeness (QED) is 0.869. The van der Waals surface area contributed by atoms with Crippen molar-refractivity contribution in [2.45, 2.75) is 11.8 Å². The van der Waals surface area contributed by atoms with Gasteiger partial charge in [0.15, 0.2) is 0 Å². The molecule has 0 atom stereocenters. The second kappa shape index (κ2) is 5.85. The van der Waals surface area contributed by atoms with E-state index in [1.807, 2.05) is 14.0 Å². The molecule has 0 aliphatic carbocycles. The maximum absolute atomic E-state index is 12.5. The lowest BCUT2D eigenvalue weighted by Gasteiger charge is -2.31. The fourth-order valence-corrected chi connectivity index (χ4v) is 3.46. The summed E-state index contributed by atoms with van der Waals surface area (Å²) < 4.78 is 26.5. The third-order valence-electron chi connectivity index (χ3n) is 3.19. The zero-order valence-corrected chi connectivity index (χ0v) is 12.2. The van der Waals surface area contributed by atoms with Gasteiger partial charge >= 0.3 is 0 Å². The van der Waals surface area contributed by atoms with Crippen LogP contribution in [0.1, 0.15) is 6.92 Å². The van der Waals surface area contributed by atoms with E-state index in [2.05, 4.69) is 15.2 Å². The monoisotopic (exact) mass is 284 g/mol. The van der Waals surface area contributed by atoms with Gasteiger partial charge in [-0.05, 0) is 20.0 Å². The second-order valence-corrected chi connectivity index (χ2v) is 6.55. The first-order valence-corrected chi connectivity index (χ1v) is 7.86. The predicted octanol–water partition coefficient (Wildman–Crippen LogP) is 0.449.